The van der Waals surface area contributed by atoms with Crippen molar-refractivity contribution in [2.24, 2.45) is 0 Å². The summed E-state index contributed by atoms with van der Waals surface area (Å²) < 4.78 is 7.07. The SMILES string of the molecule is Cc1ccccc1NC(=O)COc1c(Br)cc(Br)cc1/C=C(\C#N)C(=O)NCc1ccccc1. The van der Waals surface area contributed by atoms with Crippen LogP contribution >= 0.6 is 31.9 Å². The second kappa shape index (κ2) is 12.2. The molecule has 8 heteroatoms. The predicted octanol–water partition coefficient (Wildman–Crippen LogP) is 5.76. The van der Waals surface area contributed by atoms with E-state index in [1.54, 1.807) is 12.1 Å². The van der Waals surface area contributed by atoms with Crippen molar-refractivity contribution in [3.8, 4) is 11.8 Å². The zero-order valence-electron chi connectivity index (χ0n) is 18.3. The summed E-state index contributed by atoms with van der Waals surface area (Å²) in [4.78, 5) is 25.0. The Morgan fingerprint density at radius 1 is 1.06 bits per heavy atom. The highest BCUT2D eigenvalue weighted by atomic mass is 79.9. The van der Waals surface area contributed by atoms with Gasteiger partial charge in [0, 0.05) is 22.3 Å². The van der Waals surface area contributed by atoms with E-state index in [9.17, 15) is 14.9 Å². The molecule has 3 aromatic carbocycles. The fourth-order valence-electron chi connectivity index (χ4n) is 3.05. The minimum atomic E-state index is -0.509. The molecule has 2 amide bonds. The molecule has 0 fully saturated rings. The molecule has 0 aliphatic carbocycles. The van der Waals surface area contributed by atoms with E-state index < -0.39 is 5.91 Å². The first kappa shape index (κ1) is 25.2. The van der Waals surface area contributed by atoms with Gasteiger partial charge in [-0.25, -0.2) is 0 Å². The lowest BCUT2D eigenvalue weighted by atomic mass is 10.1. The molecule has 0 aliphatic heterocycles. The van der Waals surface area contributed by atoms with Crippen LogP contribution in [0.15, 0.2) is 81.2 Å². The first-order valence-corrected chi connectivity index (χ1v) is 11.9. The van der Waals surface area contributed by atoms with E-state index in [-0.39, 0.29) is 18.1 Å². The lowest BCUT2D eigenvalue weighted by molar-refractivity contribution is -0.118. The monoisotopic (exact) mass is 581 g/mol. The number of para-hydroxylation sites is 1. The average Bonchev–Trinajstić information content (AvgIpc) is 2.82. The van der Waals surface area contributed by atoms with Gasteiger partial charge in [-0.3, -0.25) is 9.59 Å². The molecule has 172 valence electrons. The number of nitrogens with zero attached hydrogens (tertiary/aromatic N) is 1. The van der Waals surface area contributed by atoms with Crippen molar-refractivity contribution in [1.29, 1.82) is 5.26 Å². The van der Waals surface area contributed by atoms with Crippen LogP contribution in [0.1, 0.15) is 16.7 Å². The minimum absolute atomic E-state index is 0.0878. The number of nitriles is 1. The van der Waals surface area contributed by atoms with Gasteiger partial charge < -0.3 is 15.4 Å². The van der Waals surface area contributed by atoms with Crippen LogP contribution in [0.5, 0.6) is 5.75 Å². The number of carbonyl (C=O) groups excluding carboxylic acids is 2. The number of carbonyl (C=O) groups is 2. The topological polar surface area (TPSA) is 91.2 Å². The fourth-order valence-corrected chi connectivity index (χ4v) is 4.43. The van der Waals surface area contributed by atoms with Crippen LogP contribution in [0, 0.1) is 18.3 Å². The molecule has 3 rings (SSSR count). The molecular weight excluding hydrogens is 562 g/mol. The highest BCUT2D eigenvalue weighted by Gasteiger charge is 2.15. The Balaban J connectivity index is 1.76. The van der Waals surface area contributed by atoms with E-state index in [1.807, 2.05) is 67.6 Å². The smallest absolute Gasteiger partial charge is 0.262 e. The van der Waals surface area contributed by atoms with Gasteiger partial charge in [-0.2, -0.15) is 5.26 Å². The molecule has 0 heterocycles. The number of nitrogens with one attached hydrogen (secondary N) is 2. The maximum atomic E-state index is 12.6. The number of aryl methyl sites for hydroxylation is 1. The van der Waals surface area contributed by atoms with Gasteiger partial charge in [0.1, 0.15) is 17.4 Å². The second-order valence-corrected chi connectivity index (χ2v) is 9.07. The Morgan fingerprint density at radius 3 is 2.47 bits per heavy atom. The maximum absolute atomic E-state index is 12.6. The number of amides is 2. The molecule has 0 aliphatic rings. The Morgan fingerprint density at radius 2 is 1.76 bits per heavy atom. The number of anilines is 1. The summed E-state index contributed by atoms with van der Waals surface area (Å²) in [6.07, 6.45) is 1.43. The molecular formula is C26H21Br2N3O3. The third kappa shape index (κ3) is 7.04. The normalized spacial score (nSPS) is 10.8. The molecule has 0 bridgehead atoms. The van der Waals surface area contributed by atoms with Crippen molar-refractivity contribution in [1.82, 2.24) is 5.32 Å². The van der Waals surface area contributed by atoms with Crippen molar-refractivity contribution in [2.75, 3.05) is 11.9 Å². The van der Waals surface area contributed by atoms with Gasteiger partial charge in [0.15, 0.2) is 6.61 Å². The van der Waals surface area contributed by atoms with Crippen molar-refractivity contribution >= 4 is 55.4 Å². The number of rotatable bonds is 8. The third-order valence-electron chi connectivity index (χ3n) is 4.76. The molecule has 0 spiro atoms. The summed E-state index contributed by atoms with van der Waals surface area (Å²) in [5.74, 6) is -0.502. The van der Waals surface area contributed by atoms with Crippen LogP contribution in [0.2, 0.25) is 0 Å². The lowest BCUT2D eigenvalue weighted by Gasteiger charge is -2.13. The van der Waals surface area contributed by atoms with Crippen molar-refractivity contribution in [2.45, 2.75) is 13.5 Å². The standard InChI is InChI=1S/C26H21Br2N3O3/c1-17-7-5-6-10-23(17)31-24(32)16-34-25-19(12-21(27)13-22(25)28)11-20(14-29)26(33)30-15-18-8-3-2-4-9-18/h2-13H,15-16H2,1H3,(H,30,33)(H,31,32)/b20-11+. The lowest BCUT2D eigenvalue weighted by Crippen LogP contribution is -2.24. The zero-order valence-corrected chi connectivity index (χ0v) is 21.4. The third-order valence-corrected chi connectivity index (χ3v) is 5.81. The molecule has 6 nitrogen and oxygen atoms in total. The quantitative estimate of drug-likeness (QED) is 0.261. The van der Waals surface area contributed by atoms with Crippen LogP contribution in [0.4, 0.5) is 5.69 Å². The zero-order chi connectivity index (χ0) is 24.5. The van der Waals surface area contributed by atoms with Gasteiger partial charge in [0.2, 0.25) is 0 Å². The fraction of sp³-hybridized carbons (Fsp3) is 0.115. The van der Waals surface area contributed by atoms with Crippen LogP contribution in [0.3, 0.4) is 0 Å². The second-order valence-electron chi connectivity index (χ2n) is 7.30. The Kier molecular flexibility index (Phi) is 9.02. The van der Waals surface area contributed by atoms with Crippen LogP contribution < -0.4 is 15.4 Å². The summed E-state index contributed by atoms with van der Waals surface area (Å²) in [6.45, 7) is 1.94. The van der Waals surface area contributed by atoms with Gasteiger partial charge in [-0.05, 0) is 58.3 Å². The van der Waals surface area contributed by atoms with Crippen LogP contribution in [-0.4, -0.2) is 18.4 Å². The molecule has 0 saturated heterocycles. The van der Waals surface area contributed by atoms with E-state index in [0.29, 0.717) is 32.5 Å². The first-order valence-electron chi connectivity index (χ1n) is 10.3. The van der Waals surface area contributed by atoms with Gasteiger partial charge >= 0.3 is 0 Å². The highest BCUT2D eigenvalue weighted by Crippen LogP contribution is 2.34. The average molecular weight is 583 g/mol. The number of hydrogen-bond donors (Lipinski definition) is 2. The number of ether oxygens (including phenoxy) is 1. The summed E-state index contributed by atoms with van der Waals surface area (Å²) in [6, 6.07) is 22.3. The maximum Gasteiger partial charge on any atom is 0.262 e. The first-order chi connectivity index (χ1) is 16.4. The summed E-state index contributed by atoms with van der Waals surface area (Å²) in [7, 11) is 0. The van der Waals surface area contributed by atoms with E-state index in [4.69, 9.17) is 4.74 Å². The Labute approximate surface area is 214 Å². The molecule has 0 unspecified atom stereocenters. The predicted molar refractivity (Wildman–Crippen MR) is 139 cm³/mol. The summed E-state index contributed by atoms with van der Waals surface area (Å²) in [5.41, 5.74) is 2.94. The van der Waals surface area contributed by atoms with Gasteiger partial charge in [0.25, 0.3) is 11.8 Å². The Bertz CT molecular complexity index is 1270. The number of benzene rings is 3. The van der Waals surface area contributed by atoms with E-state index in [1.165, 1.54) is 6.08 Å². The highest BCUT2D eigenvalue weighted by molar-refractivity contribution is 9.11. The molecule has 3 aromatic rings. The van der Waals surface area contributed by atoms with Gasteiger partial charge in [-0.1, -0.05) is 64.5 Å². The molecule has 34 heavy (non-hydrogen) atoms. The van der Waals surface area contributed by atoms with Crippen molar-refractivity contribution in [3.05, 3.63) is 97.9 Å². The summed E-state index contributed by atoms with van der Waals surface area (Å²) in [5, 5.41) is 15.1. The van der Waals surface area contributed by atoms with Crippen LogP contribution in [-0.2, 0) is 16.1 Å². The van der Waals surface area contributed by atoms with E-state index >= 15 is 0 Å². The van der Waals surface area contributed by atoms with E-state index in [2.05, 4.69) is 42.5 Å². The van der Waals surface area contributed by atoms with Crippen LogP contribution in [0.25, 0.3) is 6.08 Å². The van der Waals surface area contributed by atoms with Crippen molar-refractivity contribution in [3.63, 3.8) is 0 Å². The van der Waals surface area contributed by atoms with Crippen molar-refractivity contribution < 1.29 is 14.3 Å². The number of hydrogen-bond acceptors (Lipinski definition) is 4. The Hall–Kier alpha value is -3.41. The molecule has 0 atom stereocenters. The molecule has 0 radical (unpaired) electrons. The molecule has 0 aromatic heterocycles. The summed E-state index contributed by atoms with van der Waals surface area (Å²) >= 11 is 6.85. The minimum Gasteiger partial charge on any atom is -0.482 e. The largest absolute Gasteiger partial charge is 0.482 e. The van der Waals surface area contributed by atoms with Gasteiger partial charge in [0.05, 0.1) is 4.47 Å². The number of halogens is 2. The van der Waals surface area contributed by atoms with Gasteiger partial charge in [-0.15, -0.1) is 0 Å². The molecule has 0 saturated carbocycles. The van der Waals surface area contributed by atoms with E-state index in [0.717, 1.165) is 11.1 Å². The molecule has 2 N–H and O–H groups in total.